The van der Waals surface area contributed by atoms with Gasteiger partial charge in [0.05, 0.1) is 0 Å². The molecule has 0 saturated carbocycles. The standard InChI is InChI=1S/C10H15N3O3/c1-7-6-13(2)12-9(7)10(16)11-5-3-4-8(14)15/h6H,3-5H2,1-2H3,(H,11,16)(H,14,15). The Hall–Kier alpha value is -1.85. The van der Waals surface area contributed by atoms with Crippen LogP contribution in [0.1, 0.15) is 28.9 Å². The van der Waals surface area contributed by atoms with E-state index in [0.717, 1.165) is 5.56 Å². The highest BCUT2D eigenvalue weighted by molar-refractivity contribution is 5.93. The van der Waals surface area contributed by atoms with Crippen LogP contribution in [-0.4, -0.2) is 33.3 Å². The lowest BCUT2D eigenvalue weighted by Crippen LogP contribution is -2.26. The first kappa shape index (κ1) is 12.2. The Morgan fingerprint density at radius 1 is 1.56 bits per heavy atom. The lowest BCUT2D eigenvalue weighted by molar-refractivity contribution is -0.137. The summed E-state index contributed by atoms with van der Waals surface area (Å²) in [5, 5.41) is 15.1. The minimum Gasteiger partial charge on any atom is -0.481 e. The van der Waals surface area contributed by atoms with Crippen LogP contribution in [0.15, 0.2) is 6.20 Å². The molecule has 0 unspecified atom stereocenters. The second-order valence-electron chi connectivity index (χ2n) is 3.59. The van der Waals surface area contributed by atoms with Crippen LogP contribution >= 0.6 is 0 Å². The Balaban J connectivity index is 2.41. The van der Waals surface area contributed by atoms with Crippen molar-refractivity contribution in [1.29, 1.82) is 0 Å². The van der Waals surface area contributed by atoms with Crippen LogP contribution in [0.25, 0.3) is 0 Å². The fourth-order valence-electron chi connectivity index (χ4n) is 1.36. The van der Waals surface area contributed by atoms with Crippen LogP contribution in [0, 0.1) is 6.92 Å². The van der Waals surface area contributed by atoms with Gasteiger partial charge in [0.1, 0.15) is 0 Å². The molecule has 0 radical (unpaired) electrons. The average molecular weight is 225 g/mol. The number of aromatic nitrogens is 2. The molecule has 88 valence electrons. The third-order valence-corrected chi connectivity index (χ3v) is 2.08. The topological polar surface area (TPSA) is 84.2 Å². The van der Waals surface area contributed by atoms with Crippen LogP contribution < -0.4 is 5.32 Å². The highest BCUT2D eigenvalue weighted by Gasteiger charge is 2.12. The van der Waals surface area contributed by atoms with Gasteiger partial charge in [-0.3, -0.25) is 14.3 Å². The van der Waals surface area contributed by atoms with E-state index in [1.165, 1.54) is 0 Å². The van der Waals surface area contributed by atoms with Crippen LogP contribution in [0.5, 0.6) is 0 Å². The Labute approximate surface area is 93.3 Å². The summed E-state index contributed by atoms with van der Waals surface area (Å²) >= 11 is 0. The van der Waals surface area contributed by atoms with E-state index in [1.54, 1.807) is 24.9 Å². The summed E-state index contributed by atoms with van der Waals surface area (Å²) in [6.07, 6.45) is 2.24. The van der Waals surface area contributed by atoms with E-state index in [4.69, 9.17) is 5.11 Å². The van der Waals surface area contributed by atoms with E-state index in [2.05, 4.69) is 10.4 Å². The molecule has 1 rings (SSSR count). The summed E-state index contributed by atoms with van der Waals surface area (Å²) in [4.78, 5) is 21.8. The first-order valence-electron chi connectivity index (χ1n) is 5.01. The summed E-state index contributed by atoms with van der Waals surface area (Å²) in [6.45, 7) is 2.15. The number of carboxylic acids is 1. The SMILES string of the molecule is Cc1cn(C)nc1C(=O)NCCCC(=O)O. The third kappa shape index (κ3) is 3.38. The molecule has 1 amide bonds. The van der Waals surface area contributed by atoms with Gasteiger partial charge in [-0.25, -0.2) is 0 Å². The number of hydrogen-bond acceptors (Lipinski definition) is 3. The van der Waals surface area contributed by atoms with E-state index in [-0.39, 0.29) is 12.3 Å². The normalized spacial score (nSPS) is 10.1. The number of carbonyl (C=O) groups is 2. The first-order chi connectivity index (χ1) is 7.50. The molecule has 6 nitrogen and oxygen atoms in total. The van der Waals surface area contributed by atoms with Crippen LogP contribution in [0.2, 0.25) is 0 Å². The molecule has 0 bridgehead atoms. The van der Waals surface area contributed by atoms with Gasteiger partial charge in [-0.05, 0) is 13.3 Å². The second kappa shape index (κ2) is 5.29. The highest BCUT2D eigenvalue weighted by Crippen LogP contribution is 2.03. The van der Waals surface area contributed by atoms with Crippen molar-refractivity contribution in [2.75, 3.05) is 6.54 Å². The molecule has 0 aliphatic carbocycles. The van der Waals surface area contributed by atoms with Gasteiger partial charge in [-0.1, -0.05) is 0 Å². The number of aliphatic carboxylic acids is 1. The van der Waals surface area contributed by atoms with Gasteiger partial charge in [0, 0.05) is 31.8 Å². The number of carbonyl (C=O) groups excluding carboxylic acids is 1. The summed E-state index contributed by atoms with van der Waals surface area (Å²) in [5.41, 5.74) is 1.19. The van der Waals surface area contributed by atoms with Crippen molar-refractivity contribution in [3.8, 4) is 0 Å². The molecule has 1 aromatic rings. The zero-order chi connectivity index (χ0) is 12.1. The lowest BCUT2D eigenvalue weighted by atomic mass is 10.2. The molecule has 0 aromatic carbocycles. The fraction of sp³-hybridized carbons (Fsp3) is 0.500. The molecule has 16 heavy (non-hydrogen) atoms. The molecule has 6 heteroatoms. The zero-order valence-corrected chi connectivity index (χ0v) is 9.36. The molecule has 0 fully saturated rings. The van der Waals surface area contributed by atoms with E-state index < -0.39 is 5.97 Å². The number of nitrogens with zero attached hydrogens (tertiary/aromatic N) is 2. The monoisotopic (exact) mass is 225 g/mol. The summed E-state index contributed by atoms with van der Waals surface area (Å²) in [5.74, 6) is -1.12. The van der Waals surface area contributed by atoms with Crippen molar-refractivity contribution in [3.05, 3.63) is 17.5 Å². The number of nitrogens with one attached hydrogen (secondary N) is 1. The Morgan fingerprint density at radius 2 is 2.25 bits per heavy atom. The zero-order valence-electron chi connectivity index (χ0n) is 9.36. The van der Waals surface area contributed by atoms with Crippen LogP contribution in [-0.2, 0) is 11.8 Å². The summed E-state index contributed by atoms with van der Waals surface area (Å²) in [6, 6.07) is 0. The molecule has 1 aromatic heterocycles. The van der Waals surface area contributed by atoms with Gasteiger partial charge in [-0.15, -0.1) is 0 Å². The molecule has 0 spiro atoms. The van der Waals surface area contributed by atoms with Crippen LogP contribution in [0.4, 0.5) is 0 Å². The molecular formula is C10H15N3O3. The molecule has 0 saturated heterocycles. The minimum absolute atomic E-state index is 0.0570. The maximum atomic E-state index is 11.6. The molecular weight excluding hydrogens is 210 g/mol. The molecule has 0 aliphatic heterocycles. The van der Waals surface area contributed by atoms with Crippen molar-refractivity contribution in [2.24, 2.45) is 7.05 Å². The van der Waals surface area contributed by atoms with Crippen molar-refractivity contribution in [3.63, 3.8) is 0 Å². The van der Waals surface area contributed by atoms with Gasteiger partial charge in [0.25, 0.3) is 5.91 Å². The summed E-state index contributed by atoms with van der Waals surface area (Å²) in [7, 11) is 1.74. The fourth-order valence-corrected chi connectivity index (χ4v) is 1.36. The second-order valence-corrected chi connectivity index (χ2v) is 3.59. The molecule has 1 heterocycles. The summed E-state index contributed by atoms with van der Waals surface area (Å²) < 4.78 is 1.57. The Kier molecular flexibility index (Phi) is 4.04. The predicted octanol–water partition coefficient (Wildman–Crippen LogP) is 0.323. The van der Waals surface area contributed by atoms with Gasteiger partial charge >= 0.3 is 5.97 Å². The predicted molar refractivity (Wildman–Crippen MR) is 57.1 cm³/mol. The molecule has 2 N–H and O–H groups in total. The Morgan fingerprint density at radius 3 is 2.75 bits per heavy atom. The largest absolute Gasteiger partial charge is 0.481 e. The quantitative estimate of drug-likeness (QED) is 0.707. The van der Waals surface area contributed by atoms with Gasteiger partial charge in [-0.2, -0.15) is 5.10 Å². The number of amides is 1. The maximum Gasteiger partial charge on any atom is 0.303 e. The van der Waals surface area contributed by atoms with E-state index in [9.17, 15) is 9.59 Å². The van der Waals surface area contributed by atoms with Gasteiger partial charge in [0.2, 0.25) is 0 Å². The minimum atomic E-state index is -0.858. The smallest absolute Gasteiger partial charge is 0.303 e. The molecule has 0 aliphatic rings. The number of carboxylic acid groups (broad SMARTS) is 1. The van der Waals surface area contributed by atoms with E-state index in [0.29, 0.717) is 18.7 Å². The van der Waals surface area contributed by atoms with Crippen LogP contribution in [0.3, 0.4) is 0 Å². The van der Waals surface area contributed by atoms with E-state index in [1.807, 2.05) is 0 Å². The molecule has 0 atom stereocenters. The maximum absolute atomic E-state index is 11.6. The lowest BCUT2D eigenvalue weighted by Gasteiger charge is -2.01. The Bertz CT molecular complexity index is 398. The van der Waals surface area contributed by atoms with Gasteiger partial charge in [0.15, 0.2) is 5.69 Å². The van der Waals surface area contributed by atoms with Crippen molar-refractivity contribution >= 4 is 11.9 Å². The third-order valence-electron chi connectivity index (χ3n) is 2.08. The first-order valence-corrected chi connectivity index (χ1v) is 5.01. The van der Waals surface area contributed by atoms with Crippen molar-refractivity contribution in [1.82, 2.24) is 15.1 Å². The number of aryl methyl sites for hydroxylation is 2. The van der Waals surface area contributed by atoms with Crippen molar-refractivity contribution in [2.45, 2.75) is 19.8 Å². The van der Waals surface area contributed by atoms with E-state index >= 15 is 0 Å². The number of hydrogen-bond donors (Lipinski definition) is 2. The van der Waals surface area contributed by atoms with Crippen molar-refractivity contribution < 1.29 is 14.7 Å². The number of rotatable bonds is 5. The highest BCUT2D eigenvalue weighted by atomic mass is 16.4. The van der Waals surface area contributed by atoms with Gasteiger partial charge < -0.3 is 10.4 Å². The average Bonchev–Trinajstić information content (AvgIpc) is 2.52.